The van der Waals surface area contributed by atoms with Gasteiger partial charge in [-0.15, -0.1) is 12.3 Å². The summed E-state index contributed by atoms with van der Waals surface area (Å²) in [7, 11) is 0. The highest BCUT2D eigenvalue weighted by Crippen LogP contribution is 2.28. The van der Waals surface area contributed by atoms with E-state index in [2.05, 4.69) is 5.92 Å². The van der Waals surface area contributed by atoms with Crippen molar-refractivity contribution in [1.29, 1.82) is 0 Å². The average molecular weight is 231 g/mol. The fourth-order valence-corrected chi connectivity index (χ4v) is 2.11. The number of halogens is 1. The monoisotopic (exact) mass is 231 g/mol. The Balaban J connectivity index is 2.21. The van der Waals surface area contributed by atoms with Crippen LogP contribution in [0, 0.1) is 18.2 Å². The molecule has 1 amide bonds. The number of hydrogen-bond acceptors (Lipinski definition) is 1. The van der Waals surface area contributed by atoms with Crippen molar-refractivity contribution in [1.82, 2.24) is 0 Å². The summed E-state index contributed by atoms with van der Waals surface area (Å²) in [6, 6.07) is 4.58. The molecule has 2 rings (SSSR count). The van der Waals surface area contributed by atoms with E-state index < -0.39 is 0 Å². The van der Waals surface area contributed by atoms with E-state index in [-0.39, 0.29) is 11.7 Å². The summed E-state index contributed by atoms with van der Waals surface area (Å²) in [6.45, 7) is 0.613. The molecule has 0 fully saturated rings. The van der Waals surface area contributed by atoms with Crippen LogP contribution in [0.3, 0.4) is 0 Å². The molecule has 0 spiro atoms. The lowest BCUT2D eigenvalue weighted by Crippen LogP contribution is -2.35. The first-order valence-electron chi connectivity index (χ1n) is 5.74. The summed E-state index contributed by atoms with van der Waals surface area (Å²) < 4.78 is 13.1. The number of aryl methyl sites for hydroxylation is 1. The summed E-state index contributed by atoms with van der Waals surface area (Å²) in [5, 5.41) is 0. The first kappa shape index (κ1) is 11.7. The smallest absolute Gasteiger partial charge is 0.227 e. The van der Waals surface area contributed by atoms with Gasteiger partial charge >= 0.3 is 0 Å². The molecule has 0 atom stereocenters. The minimum absolute atomic E-state index is 0.0983. The molecular weight excluding hydrogens is 217 g/mol. The Morgan fingerprint density at radius 1 is 1.41 bits per heavy atom. The van der Waals surface area contributed by atoms with Crippen LogP contribution in [0.25, 0.3) is 0 Å². The number of rotatable bonds is 3. The second kappa shape index (κ2) is 5.01. The van der Waals surface area contributed by atoms with Crippen molar-refractivity contribution in [3.8, 4) is 12.3 Å². The summed E-state index contributed by atoms with van der Waals surface area (Å²) in [4.78, 5) is 13.5. The number of carbonyl (C=O) groups is 1. The zero-order chi connectivity index (χ0) is 12.3. The molecule has 1 aliphatic heterocycles. The third-order valence-electron chi connectivity index (χ3n) is 2.94. The van der Waals surface area contributed by atoms with E-state index in [1.807, 2.05) is 0 Å². The van der Waals surface area contributed by atoms with Crippen LogP contribution in [0.5, 0.6) is 0 Å². The third kappa shape index (κ3) is 2.47. The van der Waals surface area contributed by atoms with Gasteiger partial charge in [-0.05, 0) is 36.6 Å². The topological polar surface area (TPSA) is 20.3 Å². The van der Waals surface area contributed by atoms with Crippen molar-refractivity contribution < 1.29 is 9.18 Å². The van der Waals surface area contributed by atoms with Crippen LogP contribution in [-0.2, 0) is 11.2 Å². The van der Waals surface area contributed by atoms with Crippen LogP contribution in [0.2, 0.25) is 0 Å². The summed E-state index contributed by atoms with van der Waals surface area (Å²) >= 11 is 0. The Bertz CT molecular complexity index is 476. The molecule has 2 nitrogen and oxygen atoms in total. The maximum Gasteiger partial charge on any atom is 0.227 e. The largest absolute Gasteiger partial charge is 0.312 e. The number of amides is 1. The number of fused-ring (bicyclic) bond motifs is 1. The second-order valence-electron chi connectivity index (χ2n) is 4.13. The Hall–Kier alpha value is -1.82. The Morgan fingerprint density at radius 3 is 3.00 bits per heavy atom. The van der Waals surface area contributed by atoms with Crippen molar-refractivity contribution in [3.05, 3.63) is 29.6 Å². The molecule has 1 aliphatic rings. The Labute approximate surface area is 100 Å². The number of hydrogen-bond donors (Lipinski definition) is 0. The molecule has 88 valence electrons. The molecule has 0 aromatic heterocycles. The van der Waals surface area contributed by atoms with E-state index in [1.54, 1.807) is 11.0 Å². The van der Waals surface area contributed by atoms with E-state index in [0.717, 1.165) is 17.7 Å². The van der Waals surface area contributed by atoms with Crippen molar-refractivity contribution in [3.63, 3.8) is 0 Å². The van der Waals surface area contributed by atoms with Gasteiger partial charge in [0.1, 0.15) is 5.82 Å². The molecule has 0 N–H and O–H groups in total. The molecule has 0 saturated heterocycles. The highest BCUT2D eigenvalue weighted by Gasteiger charge is 2.23. The number of unbranched alkanes of at least 4 members (excludes halogenated alkanes) is 1. The van der Waals surface area contributed by atoms with Gasteiger partial charge in [-0.3, -0.25) is 4.79 Å². The number of carbonyl (C=O) groups excluding carboxylic acids is 1. The summed E-state index contributed by atoms with van der Waals surface area (Å²) in [5.74, 6) is 2.41. The van der Waals surface area contributed by atoms with Crippen LogP contribution in [-0.4, -0.2) is 12.5 Å². The molecule has 3 heteroatoms. The molecule has 0 bridgehead atoms. The molecule has 0 aliphatic carbocycles. The minimum Gasteiger partial charge on any atom is -0.312 e. The fraction of sp³-hybridized carbons (Fsp3) is 0.357. The normalized spacial score (nSPS) is 14.4. The molecule has 17 heavy (non-hydrogen) atoms. The number of terminal acetylenes is 1. The Kier molecular flexibility index (Phi) is 3.43. The molecule has 1 aromatic rings. The maximum atomic E-state index is 13.1. The predicted molar refractivity (Wildman–Crippen MR) is 65.1 cm³/mol. The van der Waals surface area contributed by atoms with Gasteiger partial charge < -0.3 is 4.90 Å². The number of benzene rings is 1. The SMILES string of the molecule is C#CCCCN1C(=O)CCc2cc(F)ccc21. The van der Waals surface area contributed by atoms with Crippen molar-refractivity contribution in [2.75, 3.05) is 11.4 Å². The highest BCUT2D eigenvalue weighted by atomic mass is 19.1. The molecular formula is C14H14FNO. The van der Waals surface area contributed by atoms with Crippen LogP contribution >= 0.6 is 0 Å². The quantitative estimate of drug-likeness (QED) is 0.578. The van der Waals surface area contributed by atoms with Gasteiger partial charge in [0.15, 0.2) is 0 Å². The lowest BCUT2D eigenvalue weighted by molar-refractivity contribution is -0.118. The highest BCUT2D eigenvalue weighted by molar-refractivity contribution is 5.96. The molecule has 0 radical (unpaired) electrons. The lowest BCUT2D eigenvalue weighted by atomic mass is 10.0. The van der Waals surface area contributed by atoms with E-state index in [4.69, 9.17) is 6.42 Å². The zero-order valence-corrected chi connectivity index (χ0v) is 9.58. The van der Waals surface area contributed by atoms with Gasteiger partial charge in [-0.25, -0.2) is 4.39 Å². The first-order valence-corrected chi connectivity index (χ1v) is 5.74. The van der Waals surface area contributed by atoms with E-state index in [0.29, 0.717) is 25.8 Å². The summed E-state index contributed by atoms with van der Waals surface area (Å²) in [6.07, 6.45) is 7.69. The van der Waals surface area contributed by atoms with Crippen LogP contribution in [0.15, 0.2) is 18.2 Å². The van der Waals surface area contributed by atoms with Crippen molar-refractivity contribution in [2.45, 2.75) is 25.7 Å². The van der Waals surface area contributed by atoms with E-state index in [9.17, 15) is 9.18 Å². The lowest BCUT2D eigenvalue weighted by Gasteiger charge is -2.29. The van der Waals surface area contributed by atoms with Gasteiger partial charge in [0, 0.05) is 25.1 Å². The van der Waals surface area contributed by atoms with Crippen LogP contribution < -0.4 is 4.90 Å². The number of anilines is 1. The van der Waals surface area contributed by atoms with E-state index in [1.165, 1.54) is 12.1 Å². The zero-order valence-electron chi connectivity index (χ0n) is 9.58. The van der Waals surface area contributed by atoms with Crippen LogP contribution in [0.4, 0.5) is 10.1 Å². The average Bonchev–Trinajstić information content (AvgIpc) is 2.32. The van der Waals surface area contributed by atoms with Gasteiger partial charge in [0.25, 0.3) is 0 Å². The van der Waals surface area contributed by atoms with Crippen molar-refractivity contribution in [2.24, 2.45) is 0 Å². The standard InChI is InChI=1S/C14H14FNO/c1-2-3-4-9-16-13-7-6-12(15)10-11(13)5-8-14(16)17/h1,6-7,10H,3-5,8-9H2. The fourth-order valence-electron chi connectivity index (χ4n) is 2.11. The van der Waals surface area contributed by atoms with E-state index >= 15 is 0 Å². The minimum atomic E-state index is -0.248. The first-order chi connectivity index (χ1) is 8.22. The van der Waals surface area contributed by atoms with Gasteiger partial charge in [0.2, 0.25) is 5.91 Å². The molecule has 1 heterocycles. The van der Waals surface area contributed by atoms with Crippen molar-refractivity contribution >= 4 is 11.6 Å². The second-order valence-corrected chi connectivity index (χ2v) is 4.13. The molecule has 0 unspecified atom stereocenters. The molecule has 1 aromatic carbocycles. The van der Waals surface area contributed by atoms with Gasteiger partial charge in [-0.1, -0.05) is 0 Å². The summed E-state index contributed by atoms with van der Waals surface area (Å²) in [5.41, 5.74) is 1.74. The van der Waals surface area contributed by atoms with Gasteiger partial charge in [0.05, 0.1) is 0 Å². The Morgan fingerprint density at radius 2 is 2.24 bits per heavy atom. The van der Waals surface area contributed by atoms with Gasteiger partial charge in [-0.2, -0.15) is 0 Å². The van der Waals surface area contributed by atoms with Crippen LogP contribution in [0.1, 0.15) is 24.8 Å². The predicted octanol–water partition coefficient (Wildman–Crippen LogP) is 2.52. The third-order valence-corrected chi connectivity index (χ3v) is 2.94. The molecule has 0 saturated carbocycles. The number of nitrogens with zero attached hydrogens (tertiary/aromatic N) is 1. The maximum absolute atomic E-state index is 13.1.